The Morgan fingerprint density at radius 2 is 2.15 bits per heavy atom. The number of ether oxygens (including phenoxy) is 1. The Hall–Kier alpha value is -0.110. The Balaban J connectivity index is 2.75. The largest absolute Gasteiger partial charge is 0.479 e. The molecule has 0 fully saturated rings. The minimum Gasteiger partial charge on any atom is -0.479 e. The molecule has 0 radical (unpaired) electrons. The van der Waals surface area contributed by atoms with Gasteiger partial charge in [0, 0.05) is 22.6 Å². The first-order valence-electron chi connectivity index (χ1n) is 3.41. The molecular formula is C9H5Cl2IO. The van der Waals surface area contributed by atoms with Crippen LogP contribution < -0.4 is 4.74 Å². The van der Waals surface area contributed by atoms with Crippen LogP contribution in [0.25, 0.3) is 0 Å². The smallest absolute Gasteiger partial charge is 0.149 e. The number of benzene rings is 1. The lowest BCUT2D eigenvalue weighted by atomic mass is 10.3. The molecule has 0 atom stereocenters. The van der Waals surface area contributed by atoms with Crippen molar-refractivity contribution in [2.75, 3.05) is 6.61 Å². The van der Waals surface area contributed by atoms with Crippen LogP contribution in [0.5, 0.6) is 5.75 Å². The SMILES string of the molecule is Clc1cccc(OCC#CI)c1Cl. The standard InChI is InChI=1S/C9H5Cl2IO/c10-7-3-1-4-8(9(7)11)13-6-2-5-12/h1,3-4H,6H2. The topological polar surface area (TPSA) is 9.23 Å². The minimum absolute atomic E-state index is 0.322. The number of rotatable bonds is 2. The molecule has 1 nitrogen and oxygen atoms in total. The highest BCUT2D eigenvalue weighted by Gasteiger charge is 2.03. The van der Waals surface area contributed by atoms with Gasteiger partial charge < -0.3 is 4.74 Å². The van der Waals surface area contributed by atoms with Crippen LogP contribution in [0, 0.1) is 9.85 Å². The predicted molar refractivity (Wildman–Crippen MR) is 63.8 cm³/mol. The zero-order valence-electron chi connectivity index (χ0n) is 6.48. The molecule has 0 amide bonds. The van der Waals surface area contributed by atoms with Gasteiger partial charge in [-0.3, -0.25) is 0 Å². The van der Waals surface area contributed by atoms with E-state index in [1.165, 1.54) is 0 Å². The summed E-state index contributed by atoms with van der Waals surface area (Å²) in [4.78, 5) is 0. The van der Waals surface area contributed by atoms with Crippen LogP contribution in [0.15, 0.2) is 18.2 Å². The van der Waals surface area contributed by atoms with Crippen LogP contribution in [-0.2, 0) is 0 Å². The molecule has 0 saturated carbocycles. The van der Waals surface area contributed by atoms with Crippen molar-refractivity contribution in [1.29, 1.82) is 0 Å². The van der Waals surface area contributed by atoms with Crippen LogP contribution in [0.1, 0.15) is 0 Å². The van der Waals surface area contributed by atoms with Crippen LogP contribution in [0.3, 0.4) is 0 Å². The Kier molecular flexibility index (Phi) is 4.71. The molecule has 0 heterocycles. The summed E-state index contributed by atoms with van der Waals surface area (Å²) in [5.41, 5.74) is 0. The Morgan fingerprint density at radius 1 is 1.38 bits per heavy atom. The molecule has 1 aromatic carbocycles. The molecular weight excluding hydrogens is 322 g/mol. The number of halogens is 3. The minimum atomic E-state index is 0.322. The summed E-state index contributed by atoms with van der Waals surface area (Å²) in [5, 5.41) is 0.918. The average molecular weight is 327 g/mol. The van der Waals surface area contributed by atoms with E-state index >= 15 is 0 Å². The van der Waals surface area contributed by atoms with Crippen molar-refractivity contribution in [3.05, 3.63) is 28.2 Å². The lowest BCUT2D eigenvalue weighted by molar-refractivity contribution is 0.370. The van der Waals surface area contributed by atoms with Gasteiger partial charge in [-0.05, 0) is 16.1 Å². The summed E-state index contributed by atoms with van der Waals surface area (Å²) in [7, 11) is 0. The zero-order valence-corrected chi connectivity index (χ0v) is 10.2. The molecule has 0 aliphatic carbocycles. The third kappa shape index (κ3) is 3.26. The van der Waals surface area contributed by atoms with Crippen LogP contribution in [0.4, 0.5) is 0 Å². The highest BCUT2D eigenvalue weighted by atomic mass is 127. The van der Waals surface area contributed by atoms with Crippen LogP contribution in [0.2, 0.25) is 10.0 Å². The molecule has 13 heavy (non-hydrogen) atoms. The van der Waals surface area contributed by atoms with Crippen molar-refractivity contribution >= 4 is 45.8 Å². The Labute approximate surface area is 101 Å². The maximum atomic E-state index is 5.87. The summed E-state index contributed by atoms with van der Waals surface area (Å²) < 4.78 is 7.95. The fourth-order valence-electron chi connectivity index (χ4n) is 0.737. The van der Waals surface area contributed by atoms with E-state index < -0.39 is 0 Å². The van der Waals surface area contributed by atoms with E-state index in [4.69, 9.17) is 27.9 Å². The van der Waals surface area contributed by atoms with Gasteiger partial charge in [0.2, 0.25) is 0 Å². The first-order valence-corrected chi connectivity index (χ1v) is 5.24. The van der Waals surface area contributed by atoms with Gasteiger partial charge in [0.25, 0.3) is 0 Å². The van der Waals surface area contributed by atoms with E-state index in [-0.39, 0.29) is 0 Å². The molecule has 0 aromatic heterocycles. The van der Waals surface area contributed by atoms with Crippen molar-refractivity contribution in [3.63, 3.8) is 0 Å². The first kappa shape index (κ1) is 11.0. The van der Waals surface area contributed by atoms with Gasteiger partial charge in [0.05, 0.1) is 5.02 Å². The quantitative estimate of drug-likeness (QED) is 0.594. The third-order valence-electron chi connectivity index (χ3n) is 1.28. The van der Waals surface area contributed by atoms with E-state index in [2.05, 4.69) is 9.85 Å². The van der Waals surface area contributed by atoms with Crippen molar-refractivity contribution in [1.82, 2.24) is 0 Å². The average Bonchev–Trinajstić information content (AvgIpc) is 2.13. The summed E-state index contributed by atoms with van der Waals surface area (Å²) in [6.07, 6.45) is 0. The van der Waals surface area contributed by atoms with E-state index in [1.54, 1.807) is 18.2 Å². The number of hydrogen-bond donors (Lipinski definition) is 0. The second kappa shape index (κ2) is 5.58. The second-order valence-electron chi connectivity index (χ2n) is 2.11. The van der Waals surface area contributed by atoms with Gasteiger partial charge in [-0.15, -0.1) is 0 Å². The highest BCUT2D eigenvalue weighted by molar-refractivity contribution is 14.1. The normalized spacial score (nSPS) is 8.85. The Bertz CT molecular complexity index is 354. The Morgan fingerprint density at radius 3 is 2.85 bits per heavy atom. The molecule has 68 valence electrons. The molecule has 0 aliphatic heterocycles. The lowest BCUT2D eigenvalue weighted by Gasteiger charge is -2.04. The first-order chi connectivity index (χ1) is 6.25. The molecule has 4 heteroatoms. The molecule has 0 unspecified atom stereocenters. The summed E-state index contributed by atoms with van der Waals surface area (Å²) in [5.74, 6) is 3.32. The van der Waals surface area contributed by atoms with Gasteiger partial charge in [-0.1, -0.05) is 35.2 Å². The summed E-state index contributed by atoms with van der Waals surface area (Å²) >= 11 is 13.6. The van der Waals surface area contributed by atoms with Crippen LogP contribution in [-0.4, -0.2) is 6.61 Å². The van der Waals surface area contributed by atoms with Crippen molar-refractivity contribution in [3.8, 4) is 15.6 Å². The van der Waals surface area contributed by atoms with E-state index in [0.29, 0.717) is 22.4 Å². The van der Waals surface area contributed by atoms with Crippen molar-refractivity contribution in [2.24, 2.45) is 0 Å². The highest BCUT2D eigenvalue weighted by Crippen LogP contribution is 2.31. The molecule has 0 bridgehead atoms. The van der Waals surface area contributed by atoms with Gasteiger partial charge in [0.15, 0.2) is 0 Å². The van der Waals surface area contributed by atoms with E-state index in [9.17, 15) is 0 Å². The van der Waals surface area contributed by atoms with Crippen molar-refractivity contribution in [2.45, 2.75) is 0 Å². The zero-order chi connectivity index (χ0) is 9.68. The predicted octanol–water partition coefficient (Wildman–Crippen LogP) is 3.77. The molecule has 0 saturated heterocycles. The summed E-state index contributed by atoms with van der Waals surface area (Å²) in [6.45, 7) is 0.322. The fourth-order valence-corrected chi connectivity index (χ4v) is 1.24. The van der Waals surface area contributed by atoms with Gasteiger partial charge in [-0.25, -0.2) is 0 Å². The van der Waals surface area contributed by atoms with Crippen molar-refractivity contribution < 1.29 is 4.74 Å². The molecule has 0 N–H and O–H groups in total. The van der Waals surface area contributed by atoms with Gasteiger partial charge in [-0.2, -0.15) is 0 Å². The maximum absolute atomic E-state index is 5.87. The monoisotopic (exact) mass is 326 g/mol. The summed E-state index contributed by atoms with van der Waals surface area (Å²) in [6, 6.07) is 5.24. The lowest BCUT2D eigenvalue weighted by Crippen LogP contribution is -1.94. The van der Waals surface area contributed by atoms with Gasteiger partial charge in [0.1, 0.15) is 17.4 Å². The third-order valence-corrected chi connectivity index (χ3v) is 2.47. The van der Waals surface area contributed by atoms with E-state index in [1.807, 2.05) is 22.6 Å². The second-order valence-corrected chi connectivity index (χ2v) is 3.44. The fraction of sp³-hybridized carbons (Fsp3) is 0.111. The number of hydrogen-bond acceptors (Lipinski definition) is 1. The molecule has 1 aromatic rings. The molecule has 1 rings (SSSR count). The molecule has 0 spiro atoms. The van der Waals surface area contributed by atoms with E-state index in [0.717, 1.165) is 0 Å². The molecule has 0 aliphatic rings. The van der Waals surface area contributed by atoms with Crippen LogP contribution >= 0.6 is 45.8 Å². The maximum Gasteiger partial charge on any atom is 0.149 e. The van der Waals surface area contributed by atoms with Gasteiger partial charge >= 0.3 is 0 Å².